The fourth-order valence-corrected chi connectivity index (χ4v) is 4.77. The Labute approximate surface area is 173 Å². The molecule has 0 spiro atoms. The SMILES string of the molecule is O=C(CSc1nc2ccccc2c(=O)n1CCc1cccs1)Nc1nccs1. The van der Waals surface area contributed by atoms with Crippen molar-refractivity contribution in [3.05, 3.63) is 68.6 Å². The predicted octanol–water partition coefficient (Wildman–Crippen LogP) is 3.89. The van der Waals surface area contributed by atoms with Crippen LogP contribution in [-0.4, -0.2) is 26.2 Å². The molecule has 0 unspecified atom stereocenters. The maximum Gasteiger partial charge on any atom is 0.262 e. The molecule has 142 valence electrons. The maximum atomic E-state index is 13.0. The quantitative estimate of drug-likeness (QED) is 0.357. The van der Waals surface area contributed by atoms with Gasteiger partial charge in [0.25, 0.3) is 5.56 Å². The maximum absolute atomic E-state index is 13.0. The zero-order valence-electron chi connectivity index (χ0n) is 14.7. The highest BCUT2D eigenvalue weighted by Crippen LogP contribution is 2.20. The van der Waals surface area contributed by atoms with Crippen LogP contribution in [0.1, 0.15) is 4.88 Å². The largest absolute Gasteiger partial charge is 0.301 e. The van der Waals surface area contributed by atoms with E-state index in [1.54, 1.807) is 33.5 Å². The summed E-state index contributed by atoms with van der Waals surface area (Å²) >= 11 is 4.29. The highest BCUT2D eigenvalue weighted by molar-refractivity contribution is 7.99. The van der Waals surface area contributed by atoms with E-state index in [1.807, 2.05) is 29.6 Å². The molecule has 3 heterocycles. The Morgan fingerprint density at radius 1 is 1.14 bits per heavy atom. The summed E-state index contributed by atoms with van der Waals surface area (Å²) in [5, 5.41) is 8.28. The van der Waals surface area contributed by atoms with Crippen LogP contribution in [0.4, 0.5) is 5.13 Å². The van der Waals surface area contributed by atoms with E-state index in [1.165, 1.54) is 28.0 Å². The van der Waals surface area contributed by atoms with Gasteiger partial charge in [-0.05, 0) is 30.0 Å². The van der Waals surface area contributed by atoms with Gasteiger partial charge in [-0.2, -0.15) is 0 Å². The number of rotatable bonds is 7. The van der Waals surface area contributed by atoms with E-state index in [9.17, 15) is 9.59 Å². The van der Waals surface area contributed by atoms with Crippen molar-refractivity contribution in [2.45, 2.75) is 18.1 Å². The molecule has 0 saturated heterocycles. The van der Waals surface area contributed by atoms with E-state index in [4.69, 9.17) is 0 Å². The third kappa shape index (κ3) is 4.32. The molecule has 9 heteroatoms. The van der Waals surface area contributed by atoms with Gasteiger partial charge in [-0.15, -0.1) is 22.7 Å². The number of hydrogen-bond acceptors (Lipinski definition) is 7. The Hall–Kier alpha value is -2.49. The van der Waals surface area contributed by atoms with Gasteiger partial charge in [0.1, 0.15) is 0 Å². The van der Waals surface area contributed by atoms with E-state index in [-0.39, 0.29) is 17.2 Å². The average molecular weight is 429 g/mol. The Bertz CT molecular complexity index is 1140. The molecule has 1 aromatic carbocycles. The number of para-hydroxylation sites is 1. The van der Waals surface area contributed by atoms with Crippen LogP contribution in [0.5, 0.6) is 0 Å². The second kappa shape index (κ2) is 8.68. The fourth-order valence-electron chi connectivity index (χ4n) is 2.70. The van der Waals surface area contributed by atoms with Gasteiger partial charge in [-0.3, -0.25) is 14.2 Å². The number of amides is 1. The first-order valence-corrected chi connectivity index (χ1v) is 11.3. The third-order valence-electron chi connectivity index (χ3n) is 4.00. The van der Waals surface area contributed by atoms with Crippen LogP contribution in [0.25, 0.3) is 10.9 Å². The van der Waals surface area contributed by atoms with E-state index < -0.39 is 0 Å². The number of carbonyl (C=O) groups is 1. The molecular formula is C19H16N4O2S3. The highest BCUT2D eigenvalue weighted by atomic mass is 32.2. The number of benzene rings is 1. The second-order valence-corrected chi connectivity index (χ2v) is 8.74. The highest BCUT2D eigenvalue weighted by Gasteiger charge is 2.14. The van der Waals surface area contributed by atoms with Gasteiger partial charge >= 0.3 is 0 Å². The first-order chi connectivity index (χ1) is 13.7. The minimum absolute atomic E-state index is 0.0787. The number of thiophene rings is 1. The van der Waals surface area contributed by atoms with Crippen molar-refractivity contribution in [2.24, 2.45) is 0 Å². The molecule has 0 saturated carbocycles. The van der Waals surface area contributed by atoms with Gasteiger partial charge in [-0.1, -0.05) is 30.0 Å². The Morgan fingerprint density at radius 2 is 2.04 bits per heavy atom. The van der Waals surface area contributed by atoms with Crippen molar-refractivity contribution in [3.8, 4) is 0 Å². The van der Waals surface area contributed by atoms with Crippen molar-refractivity contribution in [1.29, 1.82) is 0 Å². The molecule has 28 heavy (non-hydrogen) atoms. The van der Waals surface area contributed by atoms with Crippen LogP contribution in [0.3, 0.4) is 0 Å². The van der Waals surface area contributed by atoms with Crippen LogP contribution in [0.2, 0.25) is 0 Å². The lowest BCUT2D eigenvalue weighted by Gasteiger charge is -2.12. The first-order valence-electron chi connectivity index (χ1n) is 8.55. The van der Waals surface area contributed by atoms with Gasteiger partial charge in [0.05, 0.1) is 16.7 Å². The van der Waals surface area contributed by atoms with E-state index >= 15 is 0 Å². The number of hydrogen-bond donors (Lipinski definition) is 1. The van der Waals surface area contributed by atoms with Crippen LogP contribution < -0.4 is 10.9 Å². The zero-order valence-corrected chi connectivity index (χ0v) is 17.1. The number of anilines is 1. The number of fused-ring (bicyclic) bond motifs is 1. The summed E-state index contributed by atoms with van der Waals surface area (Å²) in [6, 6.07) is 11.4. The molecule has 0 atom stereocenters. The molecule has 4 aromatic rings. The minimum atomic E-state index is -0.174. The van der Waals surface area contributed by atoms with Crippen LogP contribution >= 0.6 is 34.4 Å². The van der Waals surface area contributed by atoms with Crippen molar-refractivity contribution in [1.82, 2.24) is 14.5 Å². The summed E-state index contributed by atoms with van der Waals surface area (Å²) in [6.07, 6.45) is 2.39. The number of aromatic nitrogens is 3. The summed E-state index contributed by atoms with van der Waals surface area (Å²) in [4.78, 5) is 35.1. The normalized spacial score (nSPS) is 11.0. The number of aryl methyl sites for hydroxylation is 1. The van der Waals surface area contributed by atoms with E-state index in [2.05, 4.69) is 21.4 Å². The van der Waals surface area contributed by atoms with E-state index in [0.717, 1.165) is 6.42 Å². The molecule has 0 aliphatic heterocycles. The second-order valence-electron chi connectivity index (χ2n) is 5.87. The number of carbonyl (C=O) groups excluding carboxylic acids is 1. The van der Waals surface area contributed by atoms with Crippen molar-refractivity contribution in [3.63, 3.8) is 0 Å². The molecule has 1 N–H and O–H groups in total. The van der Waals surface area contributed by atoms with Crippen LogP contribution in [-0.2, 0) is 17.8 Å². The van der Waals surface area contributed by atoms with E-state index in [0.29, 0.717) is 27.7 Å². The molecule has 0 aliphatic carbocycles. The topological polar surface area (TPSA) is 76.9 Å². The lowest BCUT2D eigenvalue weighted by atomic mass is 10.2. The average Bonchev–Trinajstić information content (AvgIpc) is 3.40. The summed E-state index contributed by atoms with van der Waals surface area (Å²) in [5.41, 5.74) is 0.563. The Balaban J connectivity index is 1.58. The molecular weight excluding hydrogens is 412 g/mol. The molecule has 0 aliphatic rings. The smallest absolute Gasteiger partial charge is 0.262 e. The minimum Gasteiger partial charge on any atom is -0.301 e. The van der Waals surface area contributed by atoms with Crippen molar-refractivity contribution < 1.29 is 4.79 Å². The number of thioether (sulfide) groups is 1. The number of nitrogens with zero attached hydrogens (tertiary/aromatic N) is 3. The lowest BCUT2D eigenvalue weighted by molar-refractivity contribution is -0.113. The molecule has 0 fully saturated rings. The molecule has 0 bridgehead atoms. The van der Waals surface area contributed by atoms with Gasteiger partial charge in [0.2, 0.25) is 5.91 Å². The van der Waals surface area contributed by atoms with Gasteiger partial charge in [0.15, 0.2) is 10.3 Å². The summed E-state index contributed by atoms with van der Waals surface area (Å²) < 4.78 is 1.67. The first kappa shape index (κ1) is 18.9. The molecule has 6 nitrogen and oxygen atoms in total. The molecule has 3 aromatic heterocycles. The van der Waals surface area contributed by atoms with Crippen LogP contribution in [0, 0.1) is 0 Å². The number of thiazole rings is 1. The fraction of sp³-hybridized carbons (Fsp3) is 0.158. The molecule has 0 radical (unpaired) electrons. The zero-order chi connectivity index (χ0) is 19.3. The Kier molecular flexibility index (Phi) is 5.84. The van der Waals surface area contributed by atoms with Crippen LogP contribution in [0.15, 0.2) is 63.3 Å². The van der Waals surface area contributed by atoms with Crippen molar-refractivity contribution in [2.75, 3.05) is 11.1 Å². The summed E-state index contributed by atoms with van der Waals surface area (Å²) in [5.74, 6) is -0.0178. The summed E-state index contributed by atoms with van der Waals surface area (Å²) in [7, 11) is 0. The predicted molar refractivity (Wildman–Crippen MR) is 115 cm³/mol. The molecule has 4 rings (SSSR count). The number of nitrogens with one attached hydrogen (secondary N) is 1. The van der Waals surface area contributed by atoms with Crippen molar-refractivity contribution >= 4 is 56.4 Å². The summed E-state index contributed by atoms with van der Waals surface area (Å²) in [6.45, 7) is 0.521. The monoisotopic (exact) mass is 428 g/mol. The third-order valence-corrected chi connectivity index (χ3v) is 6.60. The Morgan fingerprint density at radius 3 is 2.82 bits per heavy atom. The van der Waals surface area contributed by atoms with Gasteiger partial charge in [-0.25, -0.2) is 9.97 Å². The van der Waals surface area contributed by atoms with Gasteiger partial charge < -0.3 is 5.32 Å². The van der Waals surface area contributed by atoms with Gasteiger partial charge in [0, 0.05) is 23.0 Å². The lowest BCUT2D eigenvalue weighted by Crippen LogP contribution is -2.25. The standard InChI is InChI=1S/C19H16N4O2S3/c24-16(22-18-20-8-11-27-18)12-28-19-21-15-6-2-1-5-14(15)17(25)23(19)9-7-13-4-3-10-26-13/h1-6,8,10-11H,7,9,12H2,(H,20,22,24). The molecule has 1 amide bonds.